The second kappa shape index (κ2) is 7.63. The smallest absolute Gasteiger partial charge is 0.272 e. The van der Waals surface area contributed by atoms with Crippen LogP contribution < -0.4 is 5.43 Å². The van der Waals surface area contributed by atoms with Crippen LogP contribution in [0.1, 0.15) is 11.1 Å². The van der Waals surface area contributed by atoms with Gasteiger partial charge in [-0.25, -0.2) is 0 Å². The Morgan fingerprint density at radius 2 is 1.71 bits per heavy atom. The lowest BCUT2D eigenvalue weighted by Gasteiger charge is -2.04. The highest BCUT2D eigenvalue weighted by Gasteiger charge is 2.22. The van der Waals surface area contributed by atoms with E-state index in [2.05, 4.69) is 10.5 Å². The summed E-state index contributed by atoms with van der Waals surface area (Å²) in [5.74, 6) is 0. The normalized spacial score (nSPS) is 11.0. The molecule has 2 rings (SSSR count). The maximum atomic E-state index is 11.1. The minimum absolute atomic E-state index is 0.0902. The fourth-order valence-corrected chi connectivity index (χ4v) is 1.99. The zero-order valence-electron chi connectivity index (χ0n) is 12.7. The van der Waals surface area contributed by atoms with Gasteiger partial charge in [-0.1, -0.05) is 36.4 Å². The van der Waals surface area contributed by atoms with Crippen molar-refractivity contribution in [3.05, 3.63) is 79.9 Å². The highest BCUT2D eigenvalue weighted by Crippen LogP contribution is 2.32. The van der Waals surface area contributed by atoms with Crippen LogP contribution in [0.3, 0.4) is 0 Å². The van der Waals surface area contributed by atoms with E-state index in [1.165, 1.54) is 19.2 Å². The van der Waals surface area contributed by atoms with Crippen molar-refractivity contribution < 1.29 is 9.85 Å². The third-order valence-corrected chi connectivity index (χ3v) is 3.14. The second-order valence-electron chi connectivity index (χ2n) is 4.83. The molecule has 2 aromatic carbocycles. The van der Waals surface area contributed by atoms with E-state index >= 15 is 0 Å². The van der Waals surface area contributed by atoms with Gasteiger partial charge in [0.1, 0.15) is 5.69 Å². The molecule has 0 atom stereocenters. The fourth-order valence-electron chi connectivity index (χ4n) is 1.99. The molecule has 8 nitrogen and oxygen atoms in total. The average molecular weight is 326 g/mol. The van der Waals surface area contributed by atoms with Crippen LogP contribution in [0.4, 0.5) is 17.1 Å². The maximum Gasteiger partial charge on any atom is 0.301 e. The third-order valence-electron chi connectivity index (χ3n) is 3.14. The van der Waals surface area contributed by atoms with Gasteiger partial charge in [-0.3, -0.25) is 25.7 Å². The number of nitro groups is 2. The molecule has 0 spiro atoms. The summed E-state index contributed by atoms with van der Waals surface area (Å²) in [6.45, 7) is 1.51. The summed E-state index contributed by atoms with van der Waals surface area (Å²) in [6, 6.07) is 11.8. The van der Waals surface area contributed by atoms with Gasteiger partial charge < -0.3 is 0 Å². The predicted molar refractivity (Wildman–Crippen MR) is 92.1 cm³/mol. The summed E-state index contributed by atoms with van der Waals surface area (Å²) in [7, 11) is 0. The lowest BCUT2D eigenvalue weighted by Crippen LogP contribution is -2.00. The Labute approximate surface area is 137 Å². The molecule has 0 saturated carbocycles. The molecule has 0 fully saturated rings. The van der Waals surface area contributed by atoms with Crippen LogP contribution in [-0.2, 0) is 0 Å². The Hall–Kier alpha value is -3.55. The number of nitrogens with zero attached hydrogens (tertiary/aromatic N) is 3. The first-order chi connectivity index (χ1) is 11.5. The molecule has 8 heteroatoms. The van der Waals surface area contributed by atoms with Crippen LogP contribution >= 0.6 is 0 Å². The molecule has 0 radical (unpaired) electrons. The summed E-state index contributed by atoms with van der Waals surface area (Å²) in [5, 5.41) is 25.8. The molecular weight excluding hydrogens is 312 g/mol. The summed E-state index contributed by atoms with van der Waals surface area (Å²) in [6.07, 6.45) is 4.93. The summed E-state index contributed by atoms with van der Waals surface area (Å²) >= 11 is 0. The van der Waals surface area contributed by atoms with Gasteiger partial charge in [0.15, 0.2) is 0 Å². The lowest BCUT2D eigenvalue weighted by molar-refractivity contribution is -0.394. The second-order valence-corrected chi connectivity index (χ2v) is 4.83. The third kappa shape index (κ3) is 4.23. The molecule has 0 saturated heterocycles. The van der Waals surface area contributed by atoms with Crippen molar-refractivity contribution in [3.8, 4) is 0 Å². The van der Waals surface area contributed by atoms with Crippen molar-refractivity contribution in [2.24, 2.45) is 5.10 Å². The molecule has 0 unspecified atom stereocenters. The Morgan fingerprint density at radius 1 is 1.04 bits per heavy atom. The largest absolute Gasteiger partial charge is 0.301 e. The van der Waals surface area contributed by atoms with Gasteiger partial charge in [0.2, 0.25) is 0 Å². The van der Waals surface area contributed by atoms with Gasteiger partial charge in [0, 0.05) is 11.8 Å². The number of aryl methyl sites for hydroxylation is 1. The van der Waals surface area contributed by atoms with Gasteiger partial charge in [-0.2, -0.15) is 5.10 Å². The van der Waals surface area contributed by atoms with E-state index in [0.29, 0.717) is 5.56 Å². The first-order valence-electron chi connectivity index (χ1n) is 6.93. The van der Waals surface area contributed by atoms with Crippen molar-refractivity contribution in [1.29, 1.82) is 0 Å². The van der Waals surface area contributed by atoms with Crippen LogP contribution in [0.25, 0.3) is 6.08 Å². The number of benzene rings is 2. The van der Waals surface area contributed by atoms with Gasteiger partial charge >= 0.3 is 5.69 Å². The molecule has 0 bridgehead atoms. The summed E-state index contributed by atoms with van der Waals surface area (Å²) in [5.41, 5.74) is 3.22. The van der Waals surface area contributed by atoms with E-state index in [9.17, 15) is 20.2 Å². The Morgan fingerprint density at radius 3 is 2.33 bits per heavy atom. The van der Waals surface area contributed by atoms with E-state index in [-0.39, 0.29) is 11.4 Å². The SMILES string of the molecule is Cc1cc(N/N=C\C=C\c2ccccc2)c([N+](=O)[O-])cc1[N+](=O)[O-]. The number of anilines is 1. The van der Waals surface area contributed by atoms with E-state index in [0.717, 1.165) is 11.6 Å². The molecule has 0 aliphatic rings. The number of allylic oxidation sites excluding steroid dienone is 1. The standard InChI is InChI=1S/C16H14N4O4/c1-12-10-14(16(20(23)24)11-15(12)19(21)22)18-17-9-5-8-13-6-3-2-4-7-13/h2-11,18H,1H3/b8-5+,17-9-. The summed E-state index contributed by atoms with van der Waals surface area (Å²) < 4.78 is 0. The number of hydrogen-bond donors (Lipinski definition) is 1. The van der Waals surface area contributed by atoms with Crippen LogP contribution in [0.2, 0.25) is 0 Å². The molecule has 0 aliphatic carbocycles. The van der Waals surface area contributed by atoms with E-state index in [1.807, 2.05) is 36.4 Å². The molecule has 2 aromatic rings. The number of rotatable bonds is 6. The highest BCUT2D eigenvalue weighted by molar-refractivity contribution is 5.79. The molecule has 0 aromatic heterocycles. The first-order valence-corrected chi connectivity index (χ1v) is 6.93. The van der Waals surface area contributed by atoms with Crippen molar-refractivity contribution in [2.75, 3.05) is 5.43 Å². The molecule has 0 heterocycles. The first kappa shape index (κ1) is 16.8. The molecule has 24 heavy (non-hydrogen) atoms. The number of nitro benzene ring substituents is 2. The molecular formula is C16H14N4O4. The monoisotopic (exact) mass is 326 g/mol. The van der Waals surface area contributed by atoms with Gasteiger partial charge in [0.25, 0.3) is 5.69 Å². The average Bonchev–Trinajstić information content (AvgIpc) is 2.55. The number of nitrogens with one attached hydrogen (secondary N) is 1. The Balaban J connectivity index is 2.15. The zero-order chi connectivity index (χ0) is 17.5. The van der Waals surface area contributed by atoms with Crippen LogP contribution in [-0.4, -0.2) is 16.1 Å². The number of hydrogen-bond acceptors (Lipinski definition) is 6. The molecule has 0 aliphatic heterocycles. The van der Waals surface area contributed by atoms with Crippen LogP contribution in [0.15, 0.2) is 53.6 Å². The van der Waals surface area contributed by atoms with E-state index in [1.54, 1.807) is 6.08 Å². The number of hydrazone groups is 1. The van der Waals surface area contributed by atoms with Crippen LogP contribution in [0, 0.1) is 27.2 Å². The highest BCUT2D eigenvalue weighted by atomic mass is 16.6. The van der Waals surface area contributed by atoms with Crippen molar-refractivity contribution >= 4 is 29.4 Å². The maximum absolute atomic E-state index is 11.1. The van der Waals surface area contributed by atoms with E-state index in [4.69, 9.17) is 0 Å². The van der Waals surface area contributed by atoms with Crippen LogP contribution in [0.5, 0.6) is 0 Å². The van der Waals surface area contributed by atoms with Crippen molar-refractivity contribution in [1.82, 2.24) is 0 Å². The summed E-state index contributed by atoms with van der Waals surface area (Å²) in [4.78, 5) is 20.6. The lowest BCUT2D eigenvalue weighted by atomic mass is 10.1. The molecule has 122 valence electrons. The van der Waals surface area contributed by atoms with Gasteiger partial charge in [-0.05, 0) is 24.6 Å². The van der Waals surface area contributed by atoms with Gasteiger partial charge in [-0.15, -0.1) is 0 Å². The Bertz CT molecular complexity index is 816. The topological polar surface area (TPSA) is 111 Å². The van der Waals surface area contributed by atoms with Gasteiger partial charge in [0.05, 0.1) is 15.9 Å². The minimum atomic E-state index is -0.690. The molecule has 0 amide bonds. The molecule has 1 N–H and O–H groups in total. The van der Waals surface area contributed by atoms with E-state index < -0.39 is 15.5 Å². The zero-order valence-corrected chi connectivity index (χ0v) is 12.7. The minimum Gasteiger partial charge on any atom is -0.272 e. The fraction of sp³-hybridized carbons (Fsp3) is 0.0625. The quantitative estimate of drug-likeness (QED) is 0.491. The predicted octanol–water partition coefficient (Wildman–Crippen LogP) is 3.92. The Kier molecular flexibility index (Phi) is 5.35. The van der Waals surface area contributed by atoms with Crippen molar-refractivity contribution in [3.63, 3.8) is 0 Å². The van der Waals surface area contributed by atoms with Crippen molar-refractivity contribution in [2.45, 2.75) is 6.92 Å².